The van der Waals surface area contributed by atoms with E-state index in [1.54, 1.807) is 31.2 Å². The fourth-order valence-corrected chi connectivity index (χ4v) is 3.79. The van der Waals surface area contributed by atoms with Crippen LogP contribution in [0.1, 0.15) is 24.2 Å². The molecular formula is C17H16N4O2S2. The van der Waals surface area contributed by atoms with Crippen molar-refractivity contribution in [3.63, 3.8) is 0 Å². The quantitative estimate of drug-likeness (QED) is 0.403. The Morgan fingerprint density at radius 2 is 2.08 bits per heavy atom. The van der Waals surface area contributed by atoms with Crippen LogP contribution in [-0.2, 0) is 4.79 Å². The molecule has 0 aliphatic rings. The summed E-state index contributed by atoms with van der Waals surface area (Å²) < 4.78 is 0. The lowest BCUT2D eigenvalue weighted by Gasteiger charge is -2.12. The number of thiophene rings is 1. The highest BCUT2D eigenvalue weighted by Gasteiger charge is 2.18. The molecule has 0 saturated carbocycles. The van der Waals surface area contributed by atoms with Crippen molar-refractivity contribution in [1.82, 2.24) is 9.97 Å². The van der Waals surface area contributed by atoms with Gasteiger partial charge in [0, 0.05) is 11.3 Å². The second-order valence-corrected chi connectivity index (χ2v) is 7.62. The first-order chi connectivity index (χ1) is 11.9. The molecule has 25 heavy (non-hydrogen) atoms. The van der Waals surface area contributed by atoms with E-state index in [1.807, 2.05) is 11.4 Å². The summed E-state index contributed by atoms with van der Waals surface area (Å²) in [7, 11) is 0. The molecule has 6 nitrogen and oxygen atoms in total. The van der Waals surface area contributed by atoms with Crippen LogP contribution >= 0.6 is 23.1 Å². The first kappa shape index (κ1) is 17.4. The predicted molar refractivity (Wildman–Crippen MR) is 102 cm³/mol. The molecule has 0 aliphatic carbocycles. The average molecular weight is 372 g/mol. The van der Waals surface area contributed by atoms with Gasteiger partial charge < -0.3 is 11.1 Å². The minimum atomic E-state index is -0.419. The molecule has 3 aromatic rings. The maximum absolute atomic E-state index is 12.4. The maximum Gasteiger partial charge on any atom is 0.237 e. The lowest BCUT2D eigenvalue weighted by atomic mass is 10.1. The number of nitrogens with one attached hydrogen (secondary N) is 1. The van der Waals surface area contributed by atoms with Gasteiger partial charge in [-0.25, -0.2) is 9.97 Å². The first-order valence-electron chi connectivity index (χ1n) is 7.53. The number of ketones is 1. The van der Waals surface area contributed by atoms with Gasteiger partial charge in [0.2, 0.25) is 5.91 Å². The van der Waals surface area contributed by atoms with E-state index in [9.17, 15) is 9.59 Å². The molecule has 2 heterocycles. The van der Waals surface area contributed by atoms with Crippen LogP contribution in [0.4, 0.5) is 11.5 Å². The third kappa shape index (κ3) is 3.97. The number of anilines is 2. The Morgan fingerprint density at radius 1 is 1.28 bits per heavy atom. The molecule has 8 heteroatoms. The summed E-state index contributed by atoms with van der Waals surface area (Å²) in [4.78, 5) is 33.3. The molecule has 1 amide bonds. The van der Waals surface area contributed by atoms with Gasteiger partial charge in [-0.15, -0.1) is 11.3 Å². The lowest BCUT2D eigenvalue weighted by Crippen LogP contribution is -2.22. The molecule has 1 aromatic carbocycles. The van der Waals surface area contributed by atoms with Crippen molar-refractivity contribution < 1.29 is 9.59 Å². The summed E-state index contributed by atoms with van der Waals surface area (Å²) in [6.07, 6.45) is 0. The number of hydrogen-bond donors (Lipinski definition) is 2. The lowest BCUT2D eigenvalue weighted by molar-refractivity contribution is -0.115. The number of thioether (sulfide) groups is 1. The number of hydrogen-bond acceptors (Lipinski definition) is 7. The Bertz CT molecular complexity index is 955. The van der Waals surface area contributed by atoms with Crippen LogP contribution in [0.15, 0.2) is 40.9 Å². The molecule has 3 N–H and O–H groups in total. The van der Waals surface area contributed by atoms with Crippen LogP contribution in [0.5, 0.6) is 0 Å². The van der Waals surface area contributed by atoms with E-state index in [2.05, 4.69) is 15.3 Å². The number of nitrogen functional groups attached to an aromatic ring is 1. The highest BCUT2D eigenvalue weighted by Crippen LogP contribution is 2.28. The van der Waals surface area contributed by atoms with Crippen LogP contribution in [-0.4, -0.2) is 26.9 Å². The molecule has 0 fully saturated rings. The van der Waals surface area contributed by atoms with Gasteiger partial charge in [0.25, 0.3) is 0 Å². The highest BCUT2D eigenvalue weighted by atomic mass is 32.2. The summed E-state index contributed by atoms with van der Waals surface area (Å²) in [6, 6.07) is 8.72. The monoisotopic (exact) mass is 372 g/mol. The SMILES string of the molecule is CC(=O)c1cccc(NC(=O)[C@H](C)Sc2nc(N)c3ccsc3n2)c1. The normalized spacial score (nSPS) is 12.1. The fraction of sp³-hybridized carbons (Fsp3) is 0.176. The number of nitrogens with zero attached hydrogens (tertiary/aromatic N) is 2. The molecule has 1 atom stereocenters. The molecule has 0 unspecified atom stereocenters. The summed E-state index contributed by atoms with van der Waals surface area (Å²) in [5.74, 6) is 0.168. The van der Waals surface area contributed by atoms with Gasteiger partial charge in [0.1, 0.15) is 10.6 Å². The number of nitrogens with two attached hydrogens (primary N) is 1. The molecule has 2 aromatic heterocycles. The zero-order valence-corrected chi connectivity index (χ0v) is 15.3. The minimum absolute atomic E-state index is 0.0494. The van der Waals surface area contributed by atoms with Crippen molar-refractivity contribution in [1.29, 1.82) is 0 Å². The van der Waals surface area contributed by atoms with Crippen molar-refractivity contribution in [3.05, 3.63) is 41.3 Å². The number of Topliss-reactive ketones (excluding diaryl/α,β-unsaturated/α-hetero) is 1. The summed E-state index contributed by atoms with van der Waals surface area (Å²) in [5.41, 5.74) is 7.07. The average Bonchev–Trinajstić information content (AvgIpc) is 3.04. The van der Waals surface area contributed by atoms with Crippen molar-refractivity contribution >= 4 is 56.5 Å². The van der Waals surface area contributed by atoms with E-state index in [0.717, 1.165) is 10.2 Å². The first-order valence-corrected chi connectivity index (χ1v) is 9.29. The van der Waals surface area contributed by atoms with E-state index < -0.39 is 5.25 Å². The van der Waals surface area contributed by atoms with Gasteiger partial charge in [-0.3, -0.25) is 9.59 Å². The third-order valence-corrected chi connectivity index (χ3v) is 5.29. The van der Waals surface area contributed by atoms with E-state index in [0.29, 0.717) is 22.2 Å². The number of rotatable bonds is 5. The molecule has 0 bridgehead atoms. The Balaban J connectivity index is 1.71. The Labute approximate surface area is 152 Å². The molecule has 0 aliphatic heterocycles. The topological polar surface area (TPSA) is 98.0 Å². The summed E-state index contributed by atoms with van der Waals surface area (Å²) in [6.45, 7) is 3.26. The predicted octanol–water partition coefficient (Wildman–Crippen LogP) is 3.60. The van der Waals surface area contributed by atoms with Crippen LogP contribution < -0.4 is 11.1 Å². The van der Waals surface area contributed by atoms with Crippen LogP contribution in [0, 0.1) is 0 Å². The Kier molecular flexibility index (Phi) is 5.00. The molecule has 3 rings (SSSR count). The highest BCUT2D eigenvalue weighted by molar-refractivity contribution is 8.00. The zero-order valence-electron chi connectivity index (χ0n) is 13.6. The van der Waals surface area contributed by atoms with E-state index in [-0.39, 0.29) is 11.7 Å². The second kappa shape index (κ2) is 7.20. The smallest absolute Gasteiger partial charge is 0.237 e. The molecule has 128 valence electrons. The largest absolute Gasteiger partial charge is 0.383 e. The van der Waals surface area contributed by atoms with E-state index in [1.165, 1.54) is 30.0 Å². The number of amides is 1. The summed E-state index contributed by atoms with van der Waals surface area (Å²) in [5, 5.41) is 5.59. The number of benzene rings is 1. The van der Waals surface area contributed by atoms with Crippen molar-refractivity contribution in [2.75, 3.05) is 11.1 Å². The van der Waals surface area contributed by atoms with E-state index >= 15 is 0 Å². The second-order valence-electron chi connectivity index (χ2n) is 5.42. The standard InChI is InChI=1S/C17H16N4O2S2/c1-9(22)11-4-3-5-12(8-11)19-15(23)10(2)25-17-20-14(18)13-6-7-24-16(13)21-17/h3-8,10H,1-2H3,(H,19,23)(H2,18,20,21)/t10-/m0/s1. The number of carbonyl (C=O) groups is 2. The minimum Gasteiger partial charge on any atom is -0.383 e. The Hall–Kier alpha value is -2.45. The third-order valence-electron chi connectivity index (χ3n) is 3.52. The summed E-state index contributed by atoms with van der Waals surface area (Å²) >= 11 is 2.72. The fourth-order valence-electron chi connectivity index (χ4n) is 2.18. The van der Waals surface area contributed by atoms with Crippen molar-refractivity contribution in [2.45, 2.75) is 24.3 Å². The van der Waals surface area contributed by atoms with Crippen LogP contribution in [0.2, 0.25) is 0 Å². The van der Waals surface area contributed by atoms with Crippen LogP contribution in [0.3, 0.4) is 0 Å². The number of aromatic nitrogens is 2. The molecular weight excluding hydrogens is 356 g/mol. The van der Waals surface area contributed by atoms with Crippen molar-refractivity contribution in [2.24, 2.45) is 0 Å². The van der Waals surface area contributed by atoms with Crippen molar-refractivity contribution in [3.8, 4) is 0 Å². The molecule has 0 radical (unpaired) electrons. The van der Waals surface area contributed by atoms with Gasteiger partial charge in [-0.05, 0) is 37.4 Å². The zero-order chi connectivity index (χ0) is 18.0. The maximum atomic E-state index is 12.4. The van der Waals surface area contributed by atoms with Crippen LogP contribution in [0.25, 0.3) is 10.2 Å². The van der Waals surface area contributed by atoms with Gasteiger partial charge >= 0.3 is 0 Å². The molecule has 0 saturated heterocycles. The van der Waals surface area contributed by atoms with E-state index in [4.69, 9.17) is 5.73 Å². The Morgan fingerprint density at radius 3 is 2.84 bits per heavy atom. The van der Waals surface area contributed by atoms with Gasteiger partial charge in [0.15, 0.2) is 10.9 Å². The number of fused-ring (bicyclic) bond motifs is 1. The van der Waals surface area contributed by atoms with Gasteiger partial charge in [-0.1, -0.05) is 23.9 Å². The van der Waals surface area contributed by atoms with Gasteiger partial charge in [-0.2, -0.15) is 0 Å². The van der Waals surface area contributed by atoms with Gasteiger partial charge in [0.05, 0.1) is 10.6 Å². The molecule has 0 spiro atoms. The number of carbonyl (C=O) groups excluding carboxylic acids is 2.